The van der Waals surface area contributed by atoms with Crippen LogP contribution < -0.4 is 5.32 Å². The third kappa shape index (κ3) is 0.813. The fourth-order valence-corrected chi connectivity index (χ4v) is 2.02. The lowest BCUT2D eigenvalue weighted by molar-refractivity contribution is -0.152. The van der Waals surface area contributed by atoms with Crippen molar-refractivity contribution in [3.8, 4) is 0 Å². The van der Waals surface area contributed by atoms with Gasteiger partial charge in [-0.3, -0.25) is 0 Å². The van der Waals surface area contributed by atoms with E-state index in [2.05, 4.69) is 10.1 Å². The average Bonchev–Trinajstić information content (AvgIpc) is 2.52. The van der Waals surface area contributed by atoms with Gasteiger partial charge in [0.1, 0.15) is 0 Å². The van der Waals surface area contributed by atoms with Crippen molar-refractivity contribution < 1.29 is 13.9 Å². The highest BCUT2D eigenvalue weighted by Gasteiger charge is 2.73. The number of carbonyl (C=O) groups is 1. The maximum absolute atomic E-state index is 13.7. The number of alkyl halides is 1. The van der Waals surface area contributed by atoms with Gasteiger partial charge < -0.3 is 10.1 Å². The highest BCUT2D eigenvalue weighted by atomic mass is 19.1. The quantitative estimate of drug-likeness (QED) is 0.602. The Morgan fingerprint density at radius 3 is 2.75 bits per heavy atom. The third-order valence-electron chi connectivity index (χ3n) is 2.77. The monoisotopic (exact) mass is 173 g/mol. The summed E-state index contributed by atoms with van der Waals surface area (Å²) < 4.78 is 18.3. The molecule has 0 bridgehead atoms. The molecule has 12 heavy (non-hydrogen) atoms. The molecular formula is C8H12FNO2. The lowest BCUT2D eigenvalue weighted by atomic mass is 10.2. The van der Waals surface area contributed by atoms with Crippen LogP contribution in [0.5, 0.6) is 0 Å². The zero-order chi connectivity index (χ0) is 8.77. The number of ether oxygens (including phenoxy) is 1. The summed E-state index contributed by atoms with van der Waals surface area (Å²) in [5.74, 6) is -0.922. The van der Waals surface area contributed by atoms with Crippen LogP contribution in [0.15, 0.2) is 0 Å². The summed E-state index contributed by atoms with van der Waals surface area (Å²) in [6.45, 7) is 3.18. The van der Waals surface area contributed by atoms with Crippen LogP contribution in [0.4, 0.5) is 4.39 Å². The molecule has 68 valence electrons. The van der Waals surface area contributed by atoms with Crippen molar-refractivity contribution in [2.24, 2.45) is 11.8 Å². The van der Waals surface area contributed by atoms with E-state index >= 15 is 0 Å². The van der Waals surface area contributed by atoms with E-state index in [-0.39, 0.29) is 18.4 Å². The van der Waals surface area contributed by atoms with Gasteiger partial charge in [-0.15, -0.1) is 0 Å². The minimum absolute atomic E-state index is 0.128. The number of hydrogen-bond acceptors (Lipinski definition) is 3. The highest BCUT2D eigenvalue weighted by Crippen LogP contribution is 2.56. The molecular weight excluding hydrogens is 161 g/mol. The number of hydrogen-bond donors (Lipinski definition) is 1. The number of fused-ring (bicyclic) bond motifs is 1. The van der Waals surface area contributed by atoms with Crippen LogP contribution in [0, 0.1) is 11.8 Å². The van der Waals surface area contributed by atoms with Gasteiger partial charge >= 0.3 is 5.97 Å². The first-order valence-electron chi connectivity index (χ1n) is 4.28. The van der Waals surface area contributed by atoms with Crippen LogP contribution in [-0.2, 0) is 9.53 Å². The second-order valence-corrected chi connectivity index (χ2v) is 3.36. The molecule has 1 aliphatic carbocycles. The summed E-state index contributed by atoms with van der Waals surface area (Å²) in [7, 11) is 0. The average molecular weight is 173 g/mol. The molecule has 1 saturated carbocycles. The Morgan fingerprint density at radius 1 is 1.67 bits per heavy atom. The molecule has 1 saturated heterocycles. The van der Waals surface area contributed by atoms with E-state index in [4.69, 9.17) is 0 Å². The lowest BCUT2D eigenvalue weighted by Gasteiger charge is -2.10. The summed E-state index contributed by atoms with van der Waals surface area (Å²) >= 11 is 0. The van der Waals surface area contributed by atoms with Crippen molar-refractivity contribution in [2.75, 3.05) is 19.7 Å². The van der Waals surface area contributed by atoms with E-state index < -0.39 is 11.6 Å². The van der Waals surface area contributed by atoms with Crippen molar-refractivity contribution in [2.45, 2.75) is 12.6 Å². The zero-order valence-corrected chi connectivity index (χ0v) is 6.97. The number of nitrogens with one attached hydrogen (secondary N) is 1. The summed E-state index contributed by atoms with van der Waals surface area (Å²) in [6.07, 6.45) is 0. The largest absolute Gasteiger partial charge is 0.464 e. The van der Waals surface area contributed by atoms with Gasteiger partial charge in [-0.1, -0.05) is 0 Å². The number of rotatable bonds is 2. The Hall–Kier alpha value is -0.640. The van der Waals surface area contributed by atoms with Gasteiger partial charge in [0, 0.05) is 24.9 Å². The first kappa shape index (κ1) is 7.98. The molecule has 1 unspecified atom stereocenters. The van der Waals surface area contributed by atoms with Crippen molar-refractivity contribution in [1.29, 1.82) is 0 Å². The Morgan fingerprint density at radius 2 is 2.25 bits per heavy atom. The maximum Gasteiger partial charge on any atom is 0.344 e. The van der Waals surface area contributed by atoms with Gasteiger partial charge in [0.25, 0.3) is 0 Å². The van der Waals surface area contributed by atoms with Crippen molar-refractivity contribution in [3.63, 3.8) is 0 Å². The second-order valence-electron chi connectivity index (χ2n) is 3.36. The van der Waals surface area contributed by atoms with Crippen molar-refractivity contribution >= 4 is 5.97 Å². The number of piperidine rings is 1. The molecule has 0 aromatic heterocycles. The second kappa shape index (κ2) is 2.42. The Balaban J connectivity index is 2.01. The SMILES string of the molecule is CCOC(=O)C1(F)[C@@H]2CNC[C@@H]21. The molecule has 2 rings (SSSR count). The van der Waals surface area contributed by atoms with Gasteiger partial charge in [0.05, 0.1) is 6.61 Å². The van der Waals surface area contributed by atoms with E-state index in [1.807, 2.05) is 0 Å². The van der Waals surface area contributed by atoms with Gasteiger partial charge in [0.15, 0.2) is 0 Å². The predicted octanol–water partition coefficient (Wildman–Crippen LogP) is 0.107. The number of esters is 1. The van der Waals surface area contributed by atoms with Gasteiger partial charge in [-0.25, -0.2) is 9.18 Å². The highest BCUT2D eigenvalue weighted by molar-refractivity contribution is 5.85. The molecule has 0 aromatic rings. The maximum atomic E-state index is 13.7. The smallest absolute Gasteiger partial charge is 0.344 e. The third-order valence-corrected chi connectivity index (χ3v) is 2.77. The van der Waals surface area contributed by atoms with Crippen molar-refractivity contribution in [3.05, 3.63) is 0 Å². The van der Waals surface area contributed by atoms with Gasteiger partial charge in [-0.05, 0) is 6.92 Å². The molecule has 1 N–H and O–H groups in total. The summed E-state index contributed by atoms with van der Waals surface area (Å²) in [4.78, 5) is 11.1. The van der Waals surface area contributed by atoms with Gasteiger partial charge in [-0.2, -0.15) is 0 Å². The molecule has 2 fully saturated rings. The molecule has 0 radical (unpaired) electrons. The molecule has 0 spiro atoms. The standard InChI is InChI=1S/C8H12FNO2/c1-2-12-7(11)8(9)5-3-10-4-6(5)8/h5-6,10H,2-4H2,1H3/t5-,6+,8?. The van der Waals surface area contributed by atoms with Crippen LogP contribution in [0.3, 0.4) is 0 Å². The summed E-state index contributed by atoms with van der Waals surface area (Å²) in [6, 6.07) is 0. The van der Waals surface area contributed by atoms with Crippen LogP contribution in [0.25, 0.3) is 0 Å². The lowest BCUT2D eigenvalue weighted by Crippen LogP contribution is -2.32. The van der Waals surface area contributed by atoms with Gasteiger partial charge in [0.2, 0.25) is 5.67 Å². The Bertz CT molecular complexity index is 209. The minimum Gasteiger partial charge on any atom is -0.464 e. The molecule has 0 aromatic carbocycles. The van der Waals surface area contributed by atoms with Crippen LogP contribution in [-0.4, -0.2) is 31.3 Å². The summed E-state index contributed by atoms with van der Waals surface area (Å²) in [5.41, 5.74) is -1.65. The van der Waals surface area contributed by atoms with Crippen LogP contribution in [0.2, 0.25) is 0 Å². The molecule has 1 aliphatic heterocycles. The predicted molar refractivity (Wildman–Crippen MR) is 40.3 cm³/mol. The Labute approximate surface area is 70.3 Å². The van der Waals surface area contributed by atoms with E-state index in [1.165, 1.54) is 0 Å². The topological polar surface area (TPSA) is 38.3 Å². The van der Waals surface area contributed by atoms with E-state index in [0.29, 0.717) is 13.1 Å². The van der Waals surface area contributed by atoms with E-state index in [0.717, 1.165) is 0 Å². The molecule has 1 heterocycles. The summed E-state index contributed by atoms with van der Waals surface area (Å²) in [5, 5.41) is 3.03. The van der Waals surface area contributed by atoms with Crippen LogP contribution >= 0.6 is 0 Å². The Kier molecular flexibility index (Phi) is 1.61. The molecule has 4 heteroatoms. The van der Waals surface area contributed by atoms with E-state index in [1.54, 1.807) is 6.92 Å². The first-order valence-corrected chi connectivity index (χ1v) is 4.28. The van der Waals surface area contributed by atoms with Crippen molar-refractivity contribution in [1.82, 2.24) is 5.32 Å². The molecule has 0 amide bonds. The molecule has 2 aliphatic rings. The van der Waals surface area contributed by atoms with E-state index in [9.17, 15) is 9.18 Å². The zero-order valence-electron chi connectivity index (χ0n) is 6.97. The van der Waals surface area contributed by atoms with Crippen LogP contribution in [0.1, 0.15) is 6.92 Å². The normalized spacial score (nSPS) is 43.8. The number of halogens is 1. The fourth-order valence-electron chi connectivity index (χ4n) is 2.02. The molecule has 3 atom stereocenters. The first-order chi connectivity index (χ1) is 5.71. The fraction of sp³-hybridized carbons (Fsp3) is 0.875. The molecule has 3 nitrogen and oxygen atoms in total. The minimum atomic E-state index is -1.65. The number of carbonyl (C=O) groups excluding carboxylic acids is 1.